The van der Waals surface area contributed by atoms with Crippen LogP contribution < -0.4 is 4.90 Å². The summed E-state index contributed by atoms with van der Waals surface area (Å²) in [6.45, 7) is 1.62. The van der Waals surface area contributed by atoms with E-state index in [-0.39, 0.29) is 41.4 Å². The summed E-state index contributed by atoms with van der Waals surface area (Å²) < 4.78 is 0. The summed E-state index contributed by atoms with van der Waals surface area (Å²) in [4.78, 5) is 30.0. The lowest BCUT2D eigenvalue weighted by Crippen LogP contribution is -2.70. The number of rotatable bonds is 0. The van der Waals surface area contributed by atoms with Gasteiger partial charge < -0.3 is 10.0 Å². The highest BCUT2D eigenvalue weighted by molar-refractivity contribution is 6.12. The Morgan fingerprint density at radius 2 is 2.04 bits per heavy atom. The van der Waals surface area contributed by atoms with Gasteiger partial charge in [-0.1, -0.05) is 18.2 Å². The Morgan fingerprint density at radius 3 is 2.92 bits per heavy atom. The molecule has 5 nitrogen and oxygen atoms in total. The summed E-state index contributed by atoms with van der Waals surface area (Å²) in [6.07, 6.45) is 1.39. The first-order valence-corrected chi connectivity index (χ1v) is 8.99. The molecule has 1 N–H and O–H groups in total. The Hall–Kier alpha value is -1.72. The van der Waals surface area contributed by atoms with E-state index in [4.69, 9.17) is 0 Å². The van der Waals surface area contributed by atoms with Gasteiger partial charge in [-0.2, -0.15) is 0 Å². The highest BCUT2D eigenvalue weighted by Crippen LogP contribution is 2.63. The van der Waals surface area contributed by atoms with Crippen molar-refractivity contribution < 1.29 is 14.7 Å². The molecule has 1 aliphatic carbocycles. The lowest BCUT2D eigenvalue weighted by atomic mass is 9.54. The molecule has 1 spiro atoms. The van der Waals surface area contributed by atoms with Gasteiger partial charge in [0.05, 0.1) is 18.6 Å². The van der Waals surface area contributed by atoms with Crippen LogP contribution in [0.1, 0.15) is 24.8 Å². The van der Waals surface area contributed by atoms with Crippen molar-refractivity contribution in [2.45, 2.75) is 42.9 Å². The molecule has 4 fully saturated rings. The molecule has 24 heavy (non-hydrogen) atoms. The SMILES string of the molecule is O=C1CC(=O)N2c3ccccc3[C@]34CCN5C[C@H](O)[C@H](C[C@H]53)C1[C@H]24. The van der Waals surface area contributed by atoms with Gasteiger partial charge in [-0.25, -0.2) is 0 Å². The zero-order valence-corrected chi connectivity index (χ0v) is 13.4. The molecule has 5 heteroatoms. The fourth-order valence-corrected chi connectivity index (χ4v) is 6.78. The molecule has 1 amide bonds. The van der Waals surface area contributed by atoms with Crippen LogP contribution in [0.15, 0.2) is 24.3 Å². The van der Waals surface area contributed by atoms with Gasteiger partial charge in [0.1, 0.15) is 5.78 Å². The highest BCUT2D eigenvalue weighted by atomic mass is 16.3. The second kappa shape index (κ2) is 4.09. The van der Waals surface area contributed by atoms with E-state index in [0.29, 0.717) is 12.6 Å². The third-order valence-corrected chi connectivity index (χ3v) is 7.50. The number of nitrogens with zero attached hydrogens (tertiary/aromatic N) is 2. The Kier molecular flexibility index (Phi) is 2.31. The summed E-state index contributed by atoms with van der Waals surface area (Å²) in [5.41, 5.74) is 2.14. The number of aliphatic hydroxyl groups is 1. The van der Waals surface area contributed by atoms with E-state index in [0.717, 1.165) is 25.1 Å². The van der Waals surface area contributed by atoms with E-state index in [1.807, 2.05) is 17.0 Å². The molecule has 2 bridgehead atoms. The van der Waals surface area contributed by atoms with E-state index >= 15 is 0 Å². The van der Waals surface area contributed by atoms with Gasteiger partial charge in [0, 0.05) is 29.6 Å². The molecule has 124 valence electrons. The summed E-state index contributed by atoms with van der Waals surface area (Å²) in [5, 5.41) is 10.7. The Morgan fingerprint density at radius 1 is 1.21 bits per heavy atom. The summed E-state index contributed by atoms with van der Waals surface area (Å²) >= 11 is 0. The molecule has 1 saturated carbocycles. The van der Waals surface area contributed by atoms with Crippen LogP contribution in [-0.2, 0) is 15.0 Å². The lowest BCUT2D eigenvalue weighted by molar-refractivity contribution is -0.145. The maximum absolute atomic E-state index is 12.9. The smallest absolute Gasteiger partial charge is 0.234 e. The number of benzene rings is 1. The standard InChI is InChI=1S/C19H20N2O3/c22-13-8-16(24)21-12-4-2-1-3-11(12)19-5-6-20-9-14(23)10(7-15(19)20)17(13)18(19)21/h1-4,10,14-15,17-18,23H,5-9H2/t10-,14-,15-,17?,18-,19+/m0/s1. The van der Waals surface area contributed by atoms with Crippen molar-refractivity contribution in [1.29, 1.82) is 0 Å². The first kappa shape index (κ1) is 13.6. The van der Waals surface area contributed by atoms with E-state index in [1.165, 1.54) is 5.56 Å². The van der Waals surface area contributed by atoms with E-state index < -0.39 is 6.10 Å². The number of aliphatic hydroxyl groups excluding tert-OH is 1. The molecule has 3 saturated heterocycles. The quantitative estimate of drug-likeness (QED) is 0.714. The van der Waals surface area contributed by atoms with Gasteiger partial charge in [-0.15, -0.1) is 0 Å². The topological polar surface area (TPSA) is 60.9 Å². The average molecular weight is 324 g/mol. The second-order valence-electron chi connectivity index (χ2n) is 8.16. The van der Waals surface area contributed by atoms with Crippen LogP contribution in [0.2, 0.25) is 0 Å². The van der Waals surface area contributed by atoms with Gasteiger partial charge in [-0.3, -0.25) is 14.5 Å². The van der Waals surface area contributed by atoms with Crippen LogP contribution in [0.4, 0.5) is 5.69 Å². The monoisotopic (exact) mass is 324 g/mol. The van der Waals surface area contributed by atoms with Crippen molar-refractivity contribution in [3.8, 4) is 0 Å². The first-order valence-electron chi connectivity index (χ1n) is 8.99. The molecule has 0 aromatic heterocycles. The van der Waals surface area contributed by atoms with Crippen LogP contribution >= 0.6 is 0 Å². The van der Waals surface area contributed by atoms with Crippen LogP contribution in [0.25, 0.3) is 0 Å². The van der Waals surface area contributed by atoms with Crippen LogP contribution in [-0.4, -0.2) is 53.0 Å². The molecule has 1 aromatic rings. The molecule has 4 aliphatic heterocycles. The maximum atomic E-state index is 12.9. The first-order chi connectivity index (χ1) is 11.6. The van der Waals surface area contributed by atoms with Crippen molar-refractivity contribution >= 4 is 17.4 Å². The van der Waals surface area contributed by atoms with E-state index in [2.05, 4.69) is 17.0 Å². The van der Waals surface area contributed by atoms with Gasteiger partial charge >= 0.3 is 0 Å². The minimum Gasteiger partial charge on any atom is -0.391 e. The minimum absolute atomic E-state index is 0.000104. The fraction of sp³-hybridized carbons (Fsp3) is 0.579. The molecule has 5 aliphatic rings. The van der Waals surface area contributed by atoms with E-state index in [1.54, 1.807) is 0 Å². The van der Waals surface area contributed by atoms with Crippen molar-refractivity contribution in [2.75, 3.05) is 18.0 Å². The number of Topliss-reactive ketones (excluding diaryl/α,β-unsaturated/α-hetero) is 1. The fourth-order valence-electron chi connectivity index (χ4n) is 6.78. The average Bonchev–Trinajstić information content (AvgIpc) is 3.09. The number of piperidine rings is 2. The number of fused-ring (bicyclic) bond motifs is 4. The van der Waals surface area contributed by atoms with Crippen LogP contribution in [0.3, 0.4) is 0 Å². The maximum Gasteiger partial charge on any atom is 0.234 e. The lowest BCUT2D eigenvalue weighted by Gasteiger charge is -2.57. The van der Waals surface area contributed by atoms with Gasteiger partial charge in [0.25, 0.3) is 0 Å². The molecule has 1 unspecified atom stereocenters. The number of carbonyl (C=O) groups excluding carboxylic acids is 2. The number of anilines is 1. The molecule has 4 heterocycles. The zero-order chi connectivity index (χ0) is 16.2. The summed E-state index contributed by atoms with van der Waals surface area (Å²) in [6, 6.07) is 8.50. The third-order valence-electron chi connectivity index (χ3n) is 7.50. The molecular weight excluding hydrogens is 304 g/mol. The van der Waals surface area contributed by atoms with Gasteiger partial charge in [0.2, 0.25) is 5.91 Å². The zero-order valence-electron chi connectivity index (χ0n) is 13.4. The largest absolute Gasteiger partial charge is 0.391 e. The highest BCUT2D eigenvalue weighted by Gasteiger charge is 2.71. The molecule has 0 radical (unpaired) electrons. The predicted molar refractivity (Wildman–Crippen MR) is 86.6 cm³/mol. The van der Waals surface area contributed by atoms with Crippen molar-refractivity contribution in [2.24, 2.45) is 11.8 Å². The number of carbonyl (C=O) groups is 2. The van der Waals surface area contributed by atoms with E-state index in [9.17, 15) is 14.7 Å². The summed E-state index contributed by atoms with van der Waals surface area (Å²) in [7, 11) is 0. The Bertz CT molecular complexity index is 793. The second-order valence-corrected chi connectivity index (χ2v) is 8.16. The molecule has 1 aromatic carbocycles. The van der Waals surface area contributed by atoms with Crippen molar-refractivity contribution in [1.82, 2.24) is 4.90 Å². The Labute approximate surface area is 140 Å². The number of para-hydroxylation sites is 1. The van der Waals surface area contributed by atoms with Crippen LogP contribution in [0.5, 0.6) is 0 Å². The van der Waals surface area contributed by atoms with Crippen molar-refractivity contribution in [3.05, 3.63) is 29.8 Å². The minimum atomic E-state index is -0.454. The number of hydrogen-bond donors (Lipinski definition) is 1. The molecular formula is C19H20N2O3. The normalized spacial score (nSPS) is 45.4. The number of ketones is 1. The van der Waals surface area contributed by atoms with Crippen LogP contribution in [0, 0.1) is 11.8 Å². The number of hydrogen-bond acceptors (Lipinski definition) is 4. The third kappa shape index (κ3) is 1.26. The van der Waals surface area contributed by atoms with Crippen molar-refractivity contribution in [3.63, 3.8) is 0 Å². The summed E-state index contributed by atoms with van der Waals surface area (Å²) in [5.74, 6) is -0.212. The van der Waals surface area contributed by atoms with Gasteiger partial charge in [0.15, 0.2) is 0 Å². The van der Waals surface area contributed by atoms with Gasteiger partial charge in [-0.05, 0) is 36.9 Å². The molecule has 6 rings (SSSR count). The Balaban J connectivity index is 1.66. The molecule has 6 atom stereocenters. The predicted octanol–water partition coefficient (Wildman–Crippen LogP) is 0.697. The number of amides is 1.